The van der Waals surface area contributed by atoms with Crippen molar-refractivity contribution >= 4 is 0 Å². The predicted molar refractivity (Wildman–Crippen MR) is 73.9 cm³/mol. The van der Waals surface area contributed by atoms with E-state index in [1.54, 1.807) is 0 Å². The highest BCUT2D eigenvalue weighted by atomic mass is 19.4. The van der Waals surface area contributed by atoms with Gasteiger partial charge in [-0.25, -0.2) is 0 Å². The second-order valence-corrected chi connectivity index (χ2v) is 6.52. The molecule has 0 aliphatic carbocycles. The van der Waals surface area contributed by atoms with E-state index in [9.17, 15) is 18.3 Å². The van der Waals surface area contributed by atoms with Crippen molar-refractivity contribution in [1.82, 2.24) is 4.90 Å². The summed E-state index contributed by atoms with van der Waals surface area (Å²) in [6.45, 7) is 1.46. The SMILES string of the molecule is Cc1cc(C2(O)CC3CCC(C2)N3C)ccc1C(F)(F)F. The van der Waals surface area contributed by atoms with Crippen LogP contribution in [0.15, 0.2) is 18.2 Å². The van der Waals surface area contributed by atoms with Gasteiger partial charge in [-0.2, -0.15) is 13.2 Å². The van der Waals surface area contributed by atoms with E-state index in [1.165, 1.54) is 19.1 Å². The first-order chi connectivity index (χ1) is 9.71. The molecule has 1 N–H and O–H groups in total. The average Bonchev–Trinajstić information content (AvgIpc) is 2.61. The third-order valence-corrected chi connectivity index (χ3v) is 5.20. The van der Waals surface area contributed by atoms with Crippen LogP contribution in [-0.4, -0.2) is 29.1 Å². The van der Waals surface area contributed by atoms with E-state index in [4.69, 9.17) is 0 Å². The molecule has 1 aromatic rings. The van der Waals surface area contributed by atoms with Crippen LogP contribution in [0.4, 0.5) is 13.2 Å². The molecule has 0 aromatic heterocycles. The molecule has 0 spiro atoms. The molecule has 116 valence electrons. The van der Waals surface area contributed by atoms with Gasteiger partial charge in [-0.3, -0.25) is 0 Å². The zero-order chi connectivity index (χ0) is 15.4. The quantitative estimate of drug-likeness (QED) is 0.858. The molecular weight excluding hydrogens is 279 g/mol. The van der Waals surface area contributed by atoms with Gasteiger partial charge in [0.2, 0.25) is 0 Å². The lowest BCUT2D eigenvalue weighted by atomic mass is 9.80. The number of rotatable bonds is 1. The summed E-state index contributed by atoms with van der Waals surface area (Å²) < 4.78 is 38.5. The molecule has 2 nitrogen and oxygen atoms in total. The van der Waals surface area contributed by atoms with E-state index < -0.39 is 17.3 Å². The van der Waals surface area contributed by atoms with Crippen molar-refractivity contribution in [2.75, 3.05) is 7.05 Å². The topological polar surface area (TPSA) is 23.5 Å². The van der Waals surface area contributed by atoms with Gasteiger partial charge in [0.25, 0.3) is 0 Å². The lowest BCUT2D eigenvalue weighted by molar-refractivity contribution is -0.138. The predicted octanol–water partition coefficient (Wildman–Crippen LogP) is 3.46. The zero-order valence-electron chi connectivity index (χ0n) is 12.2. The second kappa shape index (κ2) is 4.71. The first kappa shape index (κ1) is 14.9. The van der Waals surface area contributed by atoms with Crippen molar-refractivity contribution in [3.8, 4) is 0 Å². The first-order valence-electron chi connectivity index (χ1n) is 7.33. The second-order valence-electron chi connectivity index (χ2n) is 6.52. The van der Waals surface area contributed by atoms with Crippen molar-refractivity contribution < 1.29 is 18.3 Å². The summed E-state index contributed by atoms with van der Waals surface area (Å²) in [6, 6.07) is 4.71. The molecule has 21 heavy (non-hydrogen) atoms. The van der Waals surface area contributed by atoms with Gasteiger partial charge in [0.05, 0.1) is 11.2 Å². The van der Waals surface area contributed by atoms with Crippen LogP contribution in [0.3, 0.4) is 0 Å². The maximum absolute atomic E-state index is 12.8. The van der Waals surface area contributed by atoms with E-state index >= 15 is 0 Å². The minimum absolute atomic E-state index is 0.180. The summed E-state index contributed by atoms with van der Waals surface area (Å²) >= 11 is 0. The van der Waals surface area contributed by atoms with Crippen molar-refractivity contribution in [3.63, 3.8) is 0 Å². The molecule has 2 aliphatic rings. The number of alkyl halides is 3. The fourth-order valence-corrected chi connectivity index (χ4v) is 3.95. The van der Waals surface area contributed by atoms with Crippen LogP contribution in [0.2, 0.25) is 0 Å². The molecule has 1 aromatic carbocycles. The molecule has 2 heterocycles. The maximum Gasteiger partial charge on any atom is 0.416 e. The molecule has 2 saturated heterocycles. The maximum atomic E-state index is 12.8. The van der Waals surface area contributed by atoms with Gasteiger partial charge in [-0.15, -0.1) is 0 Å². The van der Waals surface area contributed by atoms with Crippen LogP contribution in [0, 0.1) is 6.92 Å². The van der Waals surface area contributed by atoms with Crippen molar-refractivity contribution in [2.45, 2.75) is 56.5 Å². The number of hydrogen-bond donors (Lipinski definition) is 1. The number of aryl methyl sites for hydroxylation is 1. The van der Waals surface area contributed by atoms with E-state index in [1.807, 2.05) is 0 Å². The standard InChI is InChI=1S/C16H20F3NO/c1-10-7-11(3-6-14(10)16(17,18)19)15(21)8-12-4-5-13(9-15)20(12)2/h3,6-7,12-13,21H,4-5,8-9H2,1-2H3. The smallest absolute Gasteiger partial charge is 0.385 e. The zero-order valence-corrected chi connectivity index (χ0v) is 12.2. The van der Waals surface area contributed by atoms with Gasteiger partial charge in [-0.1, -0.05) is 12.1 Å². The third kappa shape index (κ3) is 2.46. The van der Waals surface area contributed by atoms with Crippen LogP contribution < -0.4 is 0 Å². The third-order valence-electron chi connectivity index (χ3n) is 5.20. The summed E-state index contributed by atoms with van der Waals surface area (Å²) in [4.78, 5) is 2.30. The highest BCUT2D eigenvalue weighted by molar-refractivity contribution is 5.36. The molecular formula is C16H20F3NO. The van der Waals surface area contributed by atoms with Crippen LogP contribution >= 0.6 is 0 Å². The number of benzene rings is 1. The first-order valence-corrected chi connectivity index (χ1v) is 7.33. The van der Waals surface area contributed by atoms with Gasteiger partial charge in [0, 0.05) is 12.1 Å². The Morgan fingerprint density at radius 2 is 1.76 bits per heavy atom. The van der Waals surface area contributed by atoms with Crippen molar-refractivity contribution in [2.24, 2.45) is 0 Å². The molecule has 2 unspecified atom stereocenters. The normalized spacial score (nSPS) is 33.4. The summed E-state index contributed by atoms with van der Waals surface area (Å²) in [5, 5.41) is 11.0. The largest absolute Gasteiger partial charge is 0.416 e. The van der Waals surface area contributed by atoms with Gasteiger partial charge < -0.3 is 10.0 Å². The molecule has 2 fully saturated rings. The highest BCUT2D eigenvalue weighted by Crippen LogP contribution is 2.45. The fraction of sp³-hybridized carbons (Fsp3) is 0.625. The Morgan fingerprint density at radius 3 is 2.24 bits per heavy atom. The molecule has 2 aliphatic heterocycles. The molecule has 0 saturated carbocycles. The summed E-state index contributed by atoms with van der Waals surface area (Å²) in [5.74, 6) is 0. The number of hydrogen-bond acceptors (Lipinski definition) is 2. The number of halogens is 3. The molecule has 2 atom stereocenters. The fourth-order valence-electron chi connectivity index (χ4n) is 3.95. The Hall–Kier alpha value is -1.07. The highest BCUT2D eigenvalue weighted by Gasteiger charge is 2.47. The van der Waals surface area contributed by atoms with Crippen molar-refractivity contribution in [1.29, 1.82) is 0 Å². The lowest BCUT2D eigenvalue weighted by Crippen LogP contribution is -2.47. The van der Waals surface area contributed by atoms with Gasteiger partial charge in [0.15, 0.2) is 0 Å². The molecule has 5 heteroatoms. The van der Waals surface area contributed by atoms with Crippen LogP contribution in [0.25, 0.3) is 0 Å². The van der Waals surface area contributed by atoms with E-state index in [0.29, 0.717) is 30.5 Å². The minimum atomic E-state index is -4.34. The average molecular weight is 299 g/mol. The Balaban J connectivity index is 1.92. The summed E-state index contributed by atoms with van der Waals surface area (Å²) in [6.07, 6.45) is -1.02. The van der Waals surface area contributed by atoms with Crippen LogP contribution in [0.1, 0.15) is 42.4 Å². The number of fused-ring (bicyclic) bond motifs is 2. The monoisotopic (exact) mass is 299 g/mol. The van der Waals surface area contributed by atoms with Gasteiger partial charge >= 0.3 is 6.18 Å². The molecule has 0 radical (unpaired) electrons. The van der Waals surface area contributed by atoms with Crippen LogP contribution in [0.5, 0.6) is 0 Å². The Kier molecular flexibility index (Phi) is 3.33. The van der Waals surface area contributed by atoms with Gasteiger partial charge in [-0.05, 0) is 56.8 Å². The van der Waals surface area contributed by atoms with Crippen LogP contribution in [-0.2, 0) is 11.8 Å². The number of aliphatic hydroxyl groups is 1. The number of nitrogens with zero attached hydrogens (tertiary/aromatic N) is 1. The number of piperidine rings is 1. The van der Waals surface area contributed by atoms with E-state index in [0.717, 1.165) is 18.9 Å². The molecule has 2 bridgehead atoms. The summed E-state index contributed by atoms with van der Waals surface area (Å²) in [5.41, 5.74) is -0.809. The Bertz CT molecular complexity index is 541. The van der Waals surface area contributed by atoms with Crippen molar-refractivity contribution in [3.05, 3.63) is 34.9 Å². The molecule has 3 rings (SSSR count). The summed E-state index contributed by atoms with van der Waals surface area (Å²) in [7, 11) is 2.07. The van der Waals surface area contributed by atoms with E-state index in [-0.39, 0.29) is 5.56 Å². The minimum Gasteiger partial charge on any atom is -0.385 e. The van der Waals surface area contributed by atoms with E-state index in [2.05, 4.69) is 11.9 Å². The molecule has 0 amide bonds. The van der Waals surface area contributed by atoms with Gasteiger partial charge in [0.1, 0.15) is 0 Å². The Labute approximate surface area is 122 Å². The Morgan fingerprint density at radius 1 is 1.19 bits per heavy atom. The lowest BCUT2D eigenvalue weighted by Gasteiger charge is -2.42.